The zero-order chi connectivity index (χ0) is 31.0. The summed E-state index contributed by atoms with van der Waals surface area (Å²) in [6.45, 7) is 6.67. The molecule has 12 heteroatoms. The number of hydrogen-bond acceptors (Lipinski definition) is 10. The molecule has 0 saturated heterocycles. The Kier molecular flexibility index (Phi) is 14.8. The molecule has 240 valence electrons. The standard InChI is InChI=1S/C32H42FIN4O6/c1-37(2)30-10-8-28(32(33)36-30)25-3-5-26(6-4-25)29-24-38-23-27(7-9-31(38)35-29)44-22-21-43-20-19-42-18-17-41-16-15-40-14-13-39-12-11-34/h3-10,23,31H,11-22,24H2,1-2H3. The highest BCUT2D eigenvalue weighted by Crippen LogP contribution is 2.27. The van der Waals surface area contributed by atoms with Gasteiger partial charge in [0.25, 0.3) is 0 Å². The minimum Gasteiger partial charge on any atom is -0.490 e. The summed E-state index contributed by atoms with van der Waals surface area (Å²) in [5, 5.41) is 0. The largest absolute Gasteiger partial charge is 0.490 e. The molecule has 0 fully saturated rings. The number of aromatic nitrogens is 1. The molecule has 0 N–H and O–H groups in total. The predicted molar refractivity (Wildman–Crippen MR) is 177 cm³/mol. The second kappa shape index (κ2) is 19.0. The van der Waals surface area contributed by atoms with Crippen LogP contribution in [-0.4, -0.2) is 120 Å². The lowest BCUT2D eigenvalue weighted by Crippen LogP contribution is -2.27. The smallest absolute Gasteiger partial charge is 0.222 e. The molecular weight excluding hydrogens is 682 g/mol. The zero-order valence-electron chi connectivity index (χ0n) is 25.5. The third kappa shape index (κ3) is 11.1. The molecule has 0 bridgehead atoms. The van der Waals surface area contributed by atoms with E-state index in [-0.39, 0.29) is 6.17 Å². The number of allylic oxidation sites excluding steroid dienone is 1. The van der Waals surface area contributed by atoms with E-state index < -0.39 is 5.95 Å². The van der Waals surface area contributed by atoms with E-state index in [4.69, 9.17) is 33.4 Å². The zero-order valence-corrected chi connectivity index (χ0v) is 27.6. The van der Waals surface area contributed by atoms with Crippen molar-refractivity contribution in [3.05, 3.63) is 72.0 Å². The summed E-state index contributed by atoms with van der Waals surface area (Å²) in [6.07, 6.45) is 5.89. The van der Waals surface area contributed by atoms with Crippen LogP contribution in [0.3, 0.4) is 0 Å². The Hall–Kier alpha value is -2.62. The first kappa shape index (κ1) is 34.3. The maximum atomic E-state index is 14.6. The van der Waals surface area contributed by atoms with Gasteiger partial charge in [-0.15, -0.1) is 0 Å². The van der Waals surface area contributed by atoms with Gasteiger partial charge in [0.05, 0.1) is 78.3 Å². The maximum absolute atomic E-state index is 14.6. The molecule has 1 aromatic carbocycles. The van der Waals surface area contributed by atoms with Crippen LogP contribution in [0.5, 0.6) is 0 Å². The van der Waals surface area contributed by atoms with Crippen LogP contribution in [0.15, 0.2) is 65.5 Å². The SMILES string of the molecule is CN(C)c1ccc(-c2ccc(C3=NC4C=CC(OCCOCCOCCOCCOCCOCCI)=CN4C3)cc2)c(F)n1. The lowest BCUT2D eigenvalue weighted by Gasteiger charge is -2.23. The number of ether oxygens (including phenoxy) is 6. The van der Waals surface area contributed by atoms with E-state index in [0.717, 1.165) is 33.6 Å². The van der Waals surface area contributed by atoms with Gasteiger partial charge >= 0.3 is 0 Å². The normalized spacial score (nSPS) is 15.7. The molecule has 0 saturated carbocycles. The molecule has 0 spiro atoms. The van der Waals surface area contributed by atoms with Crippen LogP contribution in [0.2, 0.25) is 0 Å². The highest BCUT2D eigenvalue weighted by Gasteiger charge is 2.26. The van der Waals surface area contributed by atoms with Gasteiger partial charge in [0, 0.05) is 30.3 Å². The first-order chi connectivity index (χ1) is 21.5. The van der Waals surface area contributed by atoms with Crippen molar-refractivity contribution in [2.24, 2.45) is 4.99 Å². The van der Waals surface area contributed by atoms with Gasteiger partial charge in [0.2, 0.25) is 5.95 Å². The summed E-state index contributed by atoms with van der Waals surface area (Å²) in [5.41, 5.74) is 3.23. The van der Waals surface area contributed by atoms with Crippen LogP contribution in [0.1, 0.15) is 5.56 Å². The van der Waals surface area contributed by atoms with Gasteiger partial charge in [0.1, 0.15) is 24.3 Å². The maximum Gasteiger partial charge on any atom is 0.222 e. The fraction of sp³-hybridized carbons (Fsp3) is 0.500. The molecule has 0 amide bonds. The number of anilines is 1. The number of nitrogens with zero attached hydrogens (tertiary/aromatic N) is 4. The Morgan fingerprint density at radius 2 is 1.36 bits per heavy atom. The average Bonchev–Trinajstić information content (AvgIpc) is 3.46. The molecule has 2 aliphatic heterocycles. The average molecular weight is 725 g/mol. The molecule has 1 atom stereocenters. The topological polar surface area (TPSA) is 87.1 Å². The van der Waals surface area contributed by atoms with Gasteiger partial charge in [-0.25, -0.2) is 4.98 Å². The first-order valence-corrected chi connectivity index (χ1v) is 16.3. The molecule has 1 unspecified atom stereocenters. The quantitative estimate of drug-likeness (QED) is 0.0809. The van der Waals surface area contributed by atoms with Gasteiger partial charge in [0.15, 0.2) is 0 Å². The molecule has 1 aromatic heterocycles. The van der Waals surface area contributed by atoms with Crippen LogP contribution in [-0.2, 0) is 28.4 Å². The Labute approximate surface area is 273 Å². The monoisotopic (exact) mass is 724 g/mol. The van der Waals surface area contributed by atoms with Crippen molar-refractivity contribution in [1.29, 1.82) is 0 Å². The summed E-state index contributed by atoms with van der Waals surface area (Å²) in [6, 6.07) is 11.4. The van der Waals surface area contributed by atoms with Crippen molar-refractivity contribution in [1.82, 2.24) is 9.88 Å². The lowest BCUT2D eigenvalue weighted by molar-refractivity contribution is -0.0133. The summed E-state index contributed by atoms with van der Waals surface area (Å²) in [5.74, 6) is 0.872. The van der Waals surface area contributed by atoms with Crippen LogP contribution in [0.25, 0.3) is 11.1 Å². The van der Waals surface area contributed by atoms with Crippen LogP contribution in [0, 0.1) is 5.95 Å². The number of aliphatic imine (C=N–C) groups is 1. The number of alkyl halides is 1. The summed E-state index contributed by atoms with van der Waals surface area (Å²) in [7, 11) is 3.67. The third-order valence-electron chi connectivity index (χ3n) is 6.71. The van der Waals surface area contributed by atoms with Gasteiger partial charge in [-0.2, -0.15) is 4.39 Å². The Balaban J connectivity index is 1.06. The fourth-order valence-corrected chi connectivity index (χ4v) is 4.75. The molecule has 10 nitrogen and oxygen atoms in total. The number of rotatable bonds is 21. The molecular formula is C32H42FIN4O6. The Bertz CT molecular complexity index is 1240. The van der Waals surface area contributed by atoms with Crippen molar-refractivity contribution >= 4 is 34.1 Å². The highest BCUT2D eigenvalue weighted by atomic mass is 127. The molecule has 2 aromatic rings. The second-order valence-electron chi connectivity index (χ2n) is 10.1. The Morgan fingerprint density at radius 3 is 1.93 bits per heavy atom. The van der Waals surface area contributed by atoms with Crippen molar-refractivity contribution in [3.63, 3.8) is 0 Å². The van der Waals surface area contributed by atoms with Crippen LogP contribution in [0.4, 0.5) is 10.2 Å². The lowest BCUT2D eigenvalue weighted by atomic mass is 10.0. The van der Waals surface area contributed by atoms with Crippen molar-refractivity contribution in [2.45, 2.75) is 6.17 Å². The number of halogens is 2. The molecule has 0 radical (unpaired) electrons. The van der Waals surface area contributed by atoms with E-state index >= 15 is 0 Å². The number of pyridine rings is 1. The second-order valence-corrected chi connectivity index (χ2v) is 11.2. The van der Waals surface area contributed by atoms with Crippen molar-refractivity contribution < 1.29 is 32.8 Å². The van der Waals surface area contributed by atoms with E-state index in [2.05, 4.69) is 32.5 Å². The fourth-order valence-electron chi connectivity index (χ4n) is 4.44. The van der Waals surface area contributed by atoms with E-state index in [1.54, 1.807) is 11.0 Å². The van der Waals surface area contributed by atoms with E-state index in [9.17, 15) is 4.39 Å². The van der Waals surface area contributed by atoms with Crippen LogP contribution < -0.4 is 4.90 Å². The van der Waals surface area contributed by atoms with Gasteiger partial charge < -0.3 is 38.2 Å². The number of fused-ring (bicyclic) bond motifs is 1. The molecule has 44 heavy (non-hydrogen) atoms. The van der Waals surface area contributed by atoms with E-state index in [1.165, 1.54) is 0 Å². The van der Waals surface area contributed by atoms with Crippen molar-refractivity contribution in [2.75, 3.05) is 103 Å². The molecule has 4 rings (SSSR count). The van der Waals surface area contributed by atoms with E-state index in [0.29, 0.717) is 84.0 Å². The molecule has 3 heterocycles. The molecule has 2 aliphatic rings. The first-order valence-electron chi connectivity index (χ1n) is 14.8. The highest BCUT2D eigenvalue weighted by molar-refractivity contribution is 14.1. The van der Waals surface area contributed by atoms with Gasteiger partial charge in [-0.3, -0.25) is 4.99 Å². The summed E-state index contributed by atoms with van der Waals surface area (Å²) in [4.78, 5) is 12.8. The van der Waals surface area contributed by atoms with E-state index in [1.807, 2.05) is 62.8 Å². The van der Waals surface area contributed by atoms with Crippen LogP contribution >= 0.6 is 22.6 Å². The predicted octanol–water partition coefficient (Wildman–Crippen LogP) is 4.33. The third-order valence-corrected chi connectivity index (χ3v) is 7.15. The number of hydrogen-bond donors (Lipinski definition) is 0. The molecule has 0 aliphatic carbocycles. The van der Waals surface area contributed by atoms with Crippen molar-refractivity contribution in [3.8, 4) is 11.1 Å². The number of benzene rings is 1. The summed E-state index contributed by atoms with van der Waals surface area (Å²) < 4.78 is 48.8. The minimum absolute atomic E-state index is 0.0629. The van der Waals surface area contributed by atoms with Gasteiger partial charge in [-0.1, -0.05) is 46.9 Å². The van der Waals surface area contributed by atoms with Gasteiger partial charge in [-0.05, 0) is 35.4 Å². The Morgan fingerprint density at radius 1 is 0.795 bits per heavy atom. The summed E-state index contributed by atoms with van der Waals surface area (Å²) >= 11 is 2.28. The minimum atomic E-state index is -0.483.